The van der Waals surface area contributed by atoms with E-state index in [4.69, 9.17) is 16.3 Å². The lowest BCUT2D eigenvalue weighted by Crippen LogP contribution is -2.24. The third-order valence-electron chi connectivity index (χ3n) is 3.16. The zero-order valence-electron chi connectivity index (χ0n) is 13.8. The zero-order valence-corrected chi connectivity index (χ0v) is 16.2. The number of benzene rings is 1. The molecule has 0 bridgehead atoms. The first-order chi connectivity index (χ1) is 11.5. The van der Waals surface area contributed by atoms with Gasteiger partial charge in [0.1, 0.15) is 0 Å². The van der Waals surface area contributed by atoms with Crippen molar-refractivity contribution in [1.82, 2.24) is 4.72 Å². The minimum absolute atomic E-state index is 0.167. The third-order valence-corrected chi connectivity index (χ3v) is 5.90. The predicted octanol–water partition coefficient (Wildman–Crippen LogP) is 3.48. The average Bonchev–Trinajstić information content (AvgIpc) is 2.54. The summed E-state index contributed by atoms with van der Waals surface area (Å²) >= 11 is 7.32. The molecule has 24 heavy (non-hydrogen) atoms. The number of ether oxygens (including phenoxy) is 1. The Hall–Kier alpha value is -0.760. The number of halogens is 1. The molecule has 136 valence electrons. The summed E-state index contributed by atoms with van der Waals surface area (Å²) in [5.74, 6) is 1.14. The molecule has 0 fully saturated rings. The van der Waals surface area contributed by atoms with Gasteiger partial charge < -0.3 is 4.74 Å². The van der Waals surface area contributed by atoms with E-state index in [-0.39, 0.29) is 10.9 Å². The van der Waals surface area contributed by atoms with E-state index < -0.39 is 10.0 Å². The van der Waals surface area contributed by atoms with Gasteiger partial charge in [-0.1, -0.05) is 24.4 Å². The number of rotatable bonds is 12. The van der Waals surface area contributed by atoms with Crippen LogP contribution in [0, 0.1) is 0 Å². The maximum absolute atomic E-state index is 12.0. The molecule has 0 spiro atoms. The maximum Gasteiger partial charge on any atom is 0.315 e. The van der Waals surface area contributed by atoms with E-state index in [1.54, 1.807) is 30.8 Å². The van der Waals surface area contributed by atoms with Gasteiger partial charge in [0.15, 0.2) is 0 Å². The second-order valence-corrected chi connectivity index (χ2v) is 8.43. The van der Waals surface area contributed by atoms with Gasteiger partial charge in [-0.25, -0.2) is 13.1 Å². The number of carbonyl (C=O) groups is 1. The molecule has 0 saturated heterocycles. The minimum Gasteiger partial charge on any atom is -0.465 e. The number of carbonyl (C=O) groups excluding carboxylic acids is 1. The van der Waals surface area contributed by atoms with Crippen LogP contribution in [-0.2, 0) is 19.6 Å². The molecule has 1 aromatic rings. The normalized spacial score (nSPS) is 11.4. The minimum atomic E-state index is -3.46. The zero-order chi connectivity index (χ0) is 17.8. The number of unbranched alkanes of at least 4 members (excludes halogenated alkanes) is 3. The van der Waals surface area contributed by atoms with Crippen molar-refractivity contribution in [2.45, 2.75) is 37.5 Å². The highest BCUT2D eigenvalue weighted by Crippen LogP contribution is 2.14. The lowest BCUT2D eigenvalue weighted by molar-refractivity contribution is -0.139. The largest absolute Gasteiger partial charge is 0.465 e. The molecular formula is C16H24ClNO4S2. The predicted molar refractivity (Wildman–Crippen MR) is 99.1 cm³/mol. The Bertz CT molecular complexity index is 591. The molecule has 0 amide bonds. The maximum atomic E-state index is 12.0. The summed E-state index contributed by atoms with van der Waals surface area (Å²) in [5.41, 5.74) is 0. The molecule has 0 atom stereocenters. The second-order valence-electron chi connectivity index (χ2n) is 5.12. The Morgan fingerprint density at radius 2 is 1.83 bits per heavy atom. The van der Waals surface area contributed by atoms with E-state index in [1.807, 2.05) is 0 Å². The number of hydrogen-bond acceptors (Lipinski definition) is 5. The SMILES string of the molecule is CCOC(=O)CSCCCCCCNS(=O)(=O)c1ccc(Cl)cc1. The quantitative estimate of drug-likeness (QED) is 0.434. The fourth-order valence-electron chi connectivity index (χ4n) is 1.94. The van der Waals surface area contributed by atoms with Crippen LogP contribution >= 0.6 is 23.4 Å². The van der Waals surface area contributed by atoms with Crippen molar-refractivity contribution in [3.8, 4) is 0 Å². The van der Waals surface area contributed by atoms with Crippen molar-refractivity contribution in [2.75, 3.05) is 24.7 Å². The van der Waals surface area contributed by atoms with E-state index in [0.717, 1.165) is 31.4 Å². The number of esters is 1. The Labute approximate surface area is 153 Å². The van der Waals surface area contributed by atoms with Crippen molar-refractivity contribution in [3.05, 3.63) is 29.3 Å². The summed E-state index contributed by atoms with van der Waals surface area (Å²) in [7, 11) is -3.46. The molecule has 0 aliphatic heterocycles. The number of hydrogen-bond donors (Lipinski definition) is 1. The topological polar surface area (TPSA) is 72.5 Å². The van der Waals surface area contributed by atoms with Gasteiger partial charge in [0.25, 0.3) is 0 Å². The fourth-order valence-corrected chi connectivity index (χ4v) is 3.95. The molecule has 1 N–H and O–H groups in total. The Morgan fingerprint density at radius 1 is 1.17 bits per heavy atom. The molecule has 1 aromatic carbocycles. The smallest absolute Gasteiger partial charge is 0.315 e. The van der Waals surface area contributed by atoms with Crippen LogP contribution < -0.4 is 4.72 Å². The van der Waals surface area contributed by atoms with Gasteiger partial charge in [-0.3, -0.25) is 4.79 Å². The van der Waals surface area contributed by atoms with Gasteiger partial charge in [0.2, 0.25) is 10.0 Å². The fraction of sp³-hybridized carbons (Fsp3) is 0.562. The number of nitrogens with one attached hydrogen (secondary N) is 1. The molecule has 5 nitrogen and oxygen atoms in total. The van der Waals surface area contributed by atoms with E-state index in [1.165, 1.54) is 12.1 Å². The Kier molecular flexibility index (Phi) is 10.4. The molecule has 0 unspecified atom stereocenters. The summed E-state index contributed by atoms with van der Waals surface area (Å²) in [6.07, 6.45) is 3.75. The summed E-state index contributed by atoms with van der Waals surface area (Å²) in [5, 5.41) is 0.509. The lowest BCUT2D eigenvalue weighted by Gasteiger charge is -2.07. The summed E-state index contributed by atoms with van der Waals surface area (Å²) in [4.78, 5) is 11.4. The molecule has 0 saturated carbocycles. The first kappa shape index (κ1) is 21.3. The molecular weight excluding hydrogens is 370 g/mol. The van der Waals surface area contributed by atoms with Gasteiger partial charge in [-0.05, 0) is 49.8 Å². The van der Waals surface area contributed by atoms with Crippen molar-refractivity contribution in [2.24, 2.45) is 0 Å². The molecule has 8 heteroatoms. The third kappa shape index (κ3) is 8.92. The van der Waals surface area contributed by atoms with Crippen molar-refractivity contribution in [3.63, 3.8) is 0 Å². The van der Waals surface area contributed by atoms with E-state index in [2.05, 4.69) is 4.72 Å². The first-order valence-electron chi connectivity index (χ1n) is 7.94. The number of sulfonamides is 1. The second kappa shape index (κ2) is 11.7. The highest BCUT2D eigenvalue weighted by Gasteiger charge is 2.12. The van der Waals surface area contributed by atoms with E-state index in [9.17, 15) is 13.2 Å². The molecule has 0 heterocycles. The molecule has 0 radical (unpaired) electrons. The van der Waals surface area contributed by atoms with Crippen LogP contribution in [0.2, 0.25) is 5.02 Å². The highest BCUT2D eigenvalue weighted by atomic mass is 35.5. The summed E-state index contributed by atoms with van der Waals surface area (Å²) in [6.45, 7) is 2.63. The van der Waals surface area contributed by atoms with Crippen molar-refractivity contribution in [1.29, 1.82) is 0 Å². The molecule has 0 aliphatic rings. The van der Waals surface area contributed by atoms with Crippen molar-refractivity contribution < 1.29 is 17.9 Å². The monoisotopic (exact) mass is 393 g/mol. The lowest BCUT2D eigenvalue weighted by atomic mass is 10.2. The van der Waals surface area contributed by atoms with Crippen LogP contribution in [0.1, 0.15) is 32.6 Å². The summed E-state index contributed by atoms with van der Waals surface area (Å²) in [6, 6.07) is 6.10. The van der Waals surface area contributed by atoms with Gasteiger partial charge in [-0.2, -0.15) is 11.8 Å². The molecule has 0 aromatic heterocycles. The highest BCUT2D eigenvalue weighted by molar-refractivity contribution is 7.99. The van der Waals surface area contributed by atoms with Crippen LogP contribution in [-0.4, -0.2) is 39.0 Å². The average molecular weight is 394 g/mol. The van der Waals surface area contributed by atoms with Crippen LogP contribution in [0.5, 0.6) is 0 Å². The van der Waals surface area contributed by atoms with Crippen LogP contribution in [0.15, 0.2) is 29.2 Å². The van der Waals surface area contributed by atoms with Crippen LogP contribution in [0.4, 0.5) is 0 Å². The first-order valence-corrected chi connectivity index (χ1v) is 11.0. The Balaban J connectivity index is 2.07. The molecule has 0 aliphatic carbocycles. The Morgan fingerprint density at radius 3 is 2.50 bits per heavy atom. The van der Waals surface area contributed by atoms with Gasteiger partial charge >= 0.3 is 5.97 Å². The van der Waals surface area contributed by atoms with E-state index >= 15 is 0 Å². The standard InChI is InChI=1S/C16H24ClNO4S2/c1-2-22-16(19)13-23-12-6-4-3-5-11-18-24(20,21)15-9-7-14(17)8-10-15/h7-10,18H,2-6,11-13H2,1H3. The van der Waals surface area contributed by atoms with Crippen LogP contribution in [0.3, 0.4) is 0 Å². The number of thioether (sulfide) groups is 1. The van der Waals surface area contributed by atoms with Gasteiger partial charge in [-0.15, -0.1) is 0 Å². The molecule has 1 rings (SSSR count). The van der Waals surface area contributed by atoms with Crippen LogP contribution in [0.25, 0.3) is 0 Å². The van der Waals surface area contributed by atoms with E-state index in [0.29, 0.717) is 23.9 Å². The van der Waals surface area contributed by atoms with Gasteiger partial charge in [0, 0.05) is 11.6 Å². The van der Waals surface area contributed by atoms with Crippen molar-refractivity contribution >= 4 is 39.4 Å². The van der Waals surface area contributed by atoms with Gasteiger partial charge in [0.05, 0.1) is 17.3 Å². The summed E-state index contributed by atoms with van der Waals surface area (Å²) < 4.78 is 31.5.